The Bertz CT molecular complexity index is 1400. The summed E-state index contributed by atoms with van der Waals surface area (Å²) < 4.78 is 0. The smallest absolute Gasteiger partial charge is 0.278 e. The Labute approximate surface area is 223 Å². The van der Waals surface area contributed by atoms with Crippen LogP contribution < -0.4 is 16.0 Å². The highest BCUT2D eigenvalue weighted by molar-refractivity contribution is 6.47. The second-order valence-corrected chi connectivity index (χ2v) is 9.03. The van der Waals surface area contributed by atoms with Crippen LogP contribution in [0.25, 0.3) is 0 Å². The van der Waals surface area contributed by atoms with E-state index in [1.54, 1.807) is 72.8 Å². The number of amides is 4. The third-order valence-electron chi connectivity index (χ3n) is 5.55. The zero-order valence-corrected chi connectivity index (χ0v) is 21.2. The zero-order chi connectivity index (χ0) is 26.5. The molecule has 1 aliphatic heterocycles. The standard InChI is InChI=1S/C27H22Cl2N4O4/c1-16(34)31-20-10-12-21(13-11-20)32-25(35)18-8-6-17(7-9-18)14-30-24-23(29)26(36)33(27(24)37)15-19-4-2-3-5-22(19)28/h2-13,30H,14-15H2,1H3,(H,31,34)(H,32,35). The lowest BCUT2D eigenvalue weighted by atomic mass is 10.1. The number of hydrogen-bond donors (Lipinski definition) is 3. The summed E-state index contributed by atoms with van der Waals surface area (Å²) in [5.74, 6) is -1.60. The molecule has 4 amide bonds. The Morgan fingerprint density at radius 1 is 0.811 bits per heavy atom. The van der Waals surface area contributed by atoms with E-state index in [-0.39, 0.29) is 35.6 Å². The van der Waals surface area contributed by atoms with E-state index in [1.807, 2.05) is 0 Å². The molecule has 0 atom stereocenters. The number of anilines is 2. The van der Waals surface area contributed by atoms with Crippen LogP contribution in [0.3, 0.4) is 0 Å². The molecule has 0 fully saturated rings. The molecular formula is C27H22Cl2N4O4. The first-order valence-electron chi connectivity index (χ1n) is 11.2. The first-order valence-corrected chi connectivity index (χ1v) is 12.0. The molecule has 3 N–H and O–H groups in total. The lowest BCUT2D eigenvalue weighted by molar-refractivity contribution is -0.138. The van der Waals surface area contributed by atoms with Crippen molar-refractivity contribution in [2.45, 2.75) is 20.0 Å². The summed E-state index contributed by atoms with van der Waals surface area (Å²) >= 11 is 12.3. The number of imide groups is 1. The molecule has 37 heavy (non-hydrogen) atoms. The first kappa shape index (κ1) is 25.9. The third-order valence-corrected chi connectivity index (χ3v) is 6.27. The zero-order valence-electron chi connectivity index (χ0n) is 19.7. The molecule has 0 aromatic heterocycles. The van der Waals surface area contributed by atoms with Gasteiger partial charge in [0.2, 0.25) is 5.91 Å². The minimum absolute atomic E-state index is 0.0124. The van der Waals surface area contributed by atoms with Crippen molar-refractivity contribution >= 4 is 58.2 Å². The second-order valence-electron chi connectivity index (χ2n) is 8.24. The van der Waals surface area contributed by atoms with Gasteiger partial charge in [0.15, 0.2) is 0 Å². The van der Waals surface area contributed by atoms with Gasteiger partial charge in [0.25, 0.3) is 17.7 Å². The number of benzene rings is 3. The van der Waals surface area contributed by atoms with Gasteiger partial charge in [-0.25, -0.2) is 0 Å². The van der Waals surface area contributed by atoms with E-state index in [2.05, 4.69) is 16.0 Å². The van der Waals surface area contributed by atoms with Gasteiger partial charge >= 0.3 is 0 Å². The lowest BCUT2D eigenvalue weighted by Crippen LogP contribution is -2.33. The fourth-order valence-electron chi connectivity index (χ4n) is 3.65. The van der Waals surface area contributed by atoms with Crippen LogP contribution in [0.4, 0.5) is 11.4 Å². The SMILES string of the molecule is CC(=O)Nc1ccc(NC(=O)c2ccc(CNC3=C(Cl)C(=O)N(Cc4ccccc4Cl)C3=O)cc2)cc1. The molecule has 3 aromatic rings. The van der Waals surface area contributed by atoms with Crippen LogP contribution in [0.2, 0.25) is 5.02 Å². The Hall–Kier alpha value is -4.14. The molecule has 0 aliphatic carbocycles. The Morgan fingerprint density at radius 3 is 2.05 bits per heavy atom. The van der Waals surface area contributed by atoms with Crippen LogP contribution in [-0.2, 0) is 27.5 Å². The van der Waals surface area contributed by atoms with Gasteiger partial charge in [-0.1, -0.05) is 53.5 Å². The number of nitrogens with one attached hydrogen (secondary N) is 3. The number of hydrogen-bond acceptors (Lipinski definition) is 5. The normalized spacial score (nSPS) is 13.1. The Morgan fingerprint density at radius 2 is 1.43 bits per heavy atom. The summed E-state index contributed by atoms with van der Waals surface area (Å²) in [5, 5.41) is 8.66. The van der Waals surface area contributed by atoms with Gasteiger partial charge in [-0.05, 0) is 53.6 Å². The lowest BCUT2D eigenvalue weighted by Gasteiger charge is -2.16. The summed E-state index contributed by atoms with van der Waals surface area (Å²) in [7, 11) is 0. The van der Waals surface area contributed by atoms with Gasteiger partial charge in [0, 0.05) is 35.4 Å². The topological polar surface area (TPSA) is 108 Å². The summed E-state index contributed by atoms with van der Waals surface area (Å²) in [6.07, 6.45) is 0. The van der Waals surface area contributed by atoms with Crippen molar-refractivity contribution in [2.24, 2.45) is 0 Å². The van der Waals surface area contributed by atoms with Crippen molar-refractivity contribution in [3.63, 3.8) is 0 Å². The van der Waals surface area contributed by atoms with E-state index < -0.39 is 11.8 Å². The number of rotatable bonds is 8. The minimum Gasteiger partial charge on any atom is -0.375 e. The van der Waals surface area contributed by atoms with Crippen molar-refractivity contribution in [1.82, 2.24) is 10.2 Å². The fourth-order valence-corrected chi connectivity index (χ4v) is 4.09. The molecule has 0 spiro atoms. The average Bonchev–Trinajstić information content (AvgIpc) is 3.08. The van der Waals surface area contributed by atoms with Crippen molar-refractivity contribution in [2.75, 3.05) is 10.6 Å². The first-order chi connectivity index (χ1) is 17.7. The van der Waals surface area contributed by atoms with E-state index in [4.69, 9.17) is 23.2 Å². The maximum absolute atomic E-state index is 12.8. The van der Waals surface area contributed by atoms with Gasteiger partial charge in [-0.15, -0.1) is 0 Å². The molecule has 188 valence electrons. The van der Waals surface area contributed by atoms with E-state index in [0.29, 0.717) is 27.5 Å². The summed E-state index contributed by atoms with van der Waals surface area (Å²) in [4.78, 5) is 50.1. The number of carbonyl (C=O) groups excluding carboxylic acids is 4. The highest BCUT2D eigenvalue weighted by Crippen LogP contribution is 2.26. The van der Waals surface area contributed by atoms with Gasteiger partial charge in [-0.2, -0.15) is 0 Å². The molecule has 0 radical (unpaired) electrons. The predicted octanol–water partition coefficient (Wildman–Crippen LogP) is 4.66. The average molecular weight is 537 g/mol. The van der Waals surface area contributed by atoms with E-state index in [9.17, 15) is 19.2 Å². The van der Waals surface area contributed by atoms with Crippen molar-refractivity contribution in [1.29, 1.82) is 0 Å². The molecule has 10 heteroatoms. The van der Waals surface area contributed by atoms with Crippen molar-refractivity contribution < 1.29 is 19.2 Å². The number of carbonyl (C=O) groups is 4. The second kappa shape index (κ2) is 11.3. The maximum Gasteiger partial charge on any atom is 0.278 e. The van der Waals surface area contributed by atoms with Gasteiger partial charge in [0.05, 0.1) is 6.54 Å². The quantitative estimate of drug-likeness (QED) is 0.363. The van der Waals surface area contributed by atoms with Crippen molar-refractivity contribution in [3.05, 3.63) is 105 Å². The van der Waals surface area contributed by atoms with Crippen LogP contribution >= 0.6 is 23.2 Å². The Balaban J connectivity index is 1.34. The Kier molecular flexibility index (Phi) is 7.91. The molecule has 0 unspecified atom stereocenters. The molecule has 3 aromatic carbocycles. The van der Waals surface area contributed by atoms with Gasteiger partial charge in [-0.3, -0.25) is 24.1 Å². The summed E-state index contributed by atoms with van der Waals surface area (Å²) in [6, 6.07) is 20.5. The number of nitrogens with zero attached hydrogens (tertiary/aromatic N) is 1. The molecule has 1 aliphatic rings. The van der Waals surface area contributed by atoms with E-state index in [1.165, 1.54) is 6.92 Å². The largest absolute Gasteiger partial charge is 0.375 e. The molecule has 0 bridgehead atoms. The number of halogens is 2. The van der Waals surface area contributed by atoms with Crippen LogP contribution in [0, 0.1) is 0 Å². The maximum atomic E-state index is 12.8. The summed E-state index contributed by atoms with van der Waals surface area (Å²) in [6.45, 7) is 1.65. The van der Waals surface area contributed by atoms with Crippen LogP contribution in [0.5, 0.6) is 0 Å². The monoisotopic (exact) mass is 536 g/mol. The van der Waals surface area contributed by atoms with Crippen LogP contribution in [0.15, 0.2) is 83.5 Å². The highest BCUT2D eigenvalue weighted by Gasteiger charge is 2.37. The molecule has 0 saturated carbocycles. The molecular weight excluding hydrogens is 515 g/mol. The molecule has 1 heterocycles. The van der Waals surface area contributed by atoms with Gasteiger partial charge < -0.3 is 16.0 Å². The molecule has 4 rings (SSSR count). The molecule has 0 saturated heterocycles. The van der Waals surface area contributed by atoms with Gasteiger partial charge in [0.1, 0.15) is 10.7 Å². The van der Waals surface area contributed by atoms with E-state index >= 15 is 0 Å². The predicted molar refractivity (Wildman–Crippen MR) is 142 cm³/mol. The van der Waals surface area contributed by atoms with Crippen LogP contribution in [0.1, 0.15) is 28.4 Å². The third kappa shape index (κ3) is 6.17. The summed E-state index contributed by atoms with van der Waals surface area (Å²) in [5.41, 5.74) is 3.07. The highest BCUT2D eigenvalue weighted by atomic mass is 35.5. The minimum atomic E-state index is -0.591. The van der Waals surface area contributed by atoms with Crippen molar-refractivity contribution in [3.8, 4) is 0 Å². The van der Waals surface area contributed by atoms with E-state index in [0.717, 1.165) is 10.5 Å². The fraction of sp³-hybridized carbons (Fsp3) is 0.111. The van der Waals surface area contributed by atoms with Crippen LogP contribution in [-0.4, -0.2) is 28.5 Å². The molecule has 8 nitrogen and oxygen atoms in total.